The van der Waals surface area contributed by atoms with E-state index in [9.17, 15) is 97.5 Å². The number of nitrogens with two attached hydrogens (primary N) is 2. The third kappa shape index (κ3) is 29.8. The van der Waals surface area contributed by atoms with Crippen LogP contribution in [-0.4, -0.2) is 263 Å². The van der Waals surface area contributed by atoms with E-state index in [1.165, 1.54) is 55.5 Å². The molecule has 120 heavy (non-hydrogen) atoms. The zero-order valence-electron chi connectivity index (χ0n) is 65.6. The Morgan fingerprint density at radius 3 is 1.29 bits per heavy atom. The first-order valence-electron chi connectivity index (χ1n) is 38.5. The number of aromatic nitrogens is 2. The van der Waals surface area contributed by atoms with Gasteiger partial charge in [-0.1, -0.05) is 103 Å². The Morgan fingerprint density at radius 2 is 0.850 bits per heavy atom. The van der Waals surface area contributed by atoms with E-state index in [4.69, 9.17) is 11.5 Å². The number of phenolic OH excluding ortho intramolecular Hbond substituents is 1. The lowest BCUT2D eigenvalue weighted by molar-refractivity contribution is -0.146. The summed E-state index contributed by atoms with van der Waals surface area (Å²) in [5.41, 5.74) is 13.1. The predicted octanol–water partition coefficient (Wildman–Crippen LogP) is -5.26. The van der Waals surface area contributed by atoms with Crippen molar-refractivity contribution in [2.75, 3.05) is 32.8 Å². The molecule has 22 N–H and O–H groups in total. The average molecular weight is 1670 g/mol. The van der Waals surface area contributed by atoms with Gasteiger partial charge in [0, 0.05) is 69.9 Å². The molecule has 2 aliphatic heterocycles. The molecule has 0 unspecified atom stereocenters. The van der Waals surface area contributed by atoms with Crippen LogP contribution in [0.4, 0.5) is 0 Å². The molecule has 5 aromatic rings. The van der Waals surface area contributed by atoms with E-state index in [0.29, 0.717) is 22.3 Å². The number of carbonyl (C=O) groups is 18. The number of aliphatic hydroxyl groups is 1. The van der Waals surface area contributed by atoms with Crippen LogP contribution in [0.25, 0.3) is 0 Å². The van der Waals surface area contributed by atoms with Crippen molar-refractivity contribution in [2.24, 2.45) is 11.5 Å². The number of aliphatic carboxylic acids is 3. The van der Waals surface area contributed by atoms with Gasteiger partial charge in [0.1, 0.15) is 78.3 Å². The number of aromatic hydroxyl groups is 1. The number of phenols is 1. The number of benzene rings is 4. The molecule has 0 radical (unpaired) electrons. The van der Waals surface area contributed by atoms with Gasteiger partial charge in [-0.3, -0.25) is 86.3 Å². The number of primary amides is 1. The molecule has 2 fully saturated rings. The zero-order valence-corrected chi connectivity index (χ0v) is 65.6. The Bertz CT molecular complexity index is 4450. The third-order valence-electron chi connectivity index (χ3n) is 19.5. The molecule has 0 saturated carbocycles. The van der Waals surface area contributed by atoms with Crippen molar-refractivity contribution in [3.8, 4) is 5.75 Å². The maximum atomic E-state index is 15.2. The van der Waals surface area contributed by atoms with Gasteiger partial charge in [-0.25, -0.2) is 4.98 Å². The number of imidazole rings is 1. The minimum Gasteiger partial charge on any atom is -0.508 e. The van der Waals surface area contributed by atoms with Crippen LogP contribution >= 0.6 is 0 Å². The predicted molar refractivity (Wildman–Crippen MR) is 421 cm³/mol. The SMILES string of the molecule is C[C@H](N)C(=O)NCC(=O)N[C@@H](CCC(=O)O)C(=O)N[C@@H](CC(=O)O)C(=O)N1CCC[C@H]1C(=O)N[C@@H](Cc1cnc[nH]1)C(=O)N[C@@H](CO)C(=O)N[C@@H](Cc1ccccc1)C(=O)N[C@@H](Cc1ccc(O)cc1)C(=O)N[C@@H](Cc1ccccc1)C(=O)N1CCC[C@H]1C(=O)NCC(=O)N[C@@H](CCC(N)=O)C(=O)N[C@@H](Cc1ccccc1)C(=O)N[C@@H](C)C(=O)O. The van der Waals surface area contributed by atoms with Crippen molar-refractivity contribution < 1.29 is 112 Å². The van der Waals surface area contributed by atoms with E-state index in [1.807, 2.05) is 0 Å². The van der Waals surface area contributed by atoms with Crippen molar-refractivity contribution in [1.82, 2.24) is 83.6 Å². The molecule has 41 nitrogen and oxygen atoms in total. The van der Waals surface area contributed by atoms with Gasteiger partial charge in [0.2, 0.25) is 88.6 Å². The number of carboxylic acids is 3. The Labute approximate surface area is 687 Å². The summed E-state index contributed by atoms with van der Waals surface area (Å²) >= 11 is 0. The molecule has 644 valence electrons. The van der Waals surface area contributed by atoms with Crippen molar-refractivity contribution in [3.05, 3.63) is 156 Å². The Balaban J connectivity index is 1.07. The molecule has 3 heterocycles. The number of amides is 15. The standard InChI is InChI=1S/C79H100N18O23/c1-43(80)67(107)83-39-63(101)88-52(27-29-65(103)104)69(109)94-58(37-66(105)106)78(118)97-31-13-21-61(97)76(116)92-56(36-49-38-82-42-85-49)73(113)95-59(41-98)74(114)91-54(33-46-16-8-4-9-17-46)71(111)90-55(34-48-22-24-50(99)25-23-48)72(112)93-57(35-47-18-10-5-11-19-47)77(117)96-30-12-20-60(96)75(115)84-40-64(102)87-51(26-28-62(81)100)68(108)89-53(32-45-14-6-3-7-15-45)70(110)86-44(2)79(119)120/h3-11,14-19,22-25,38,42-44,51-61,98-99H,12-13,20-21,26-37,39-41,80H2,1-2H3,(H2,81,100)(H,82,85)(H,83,107)(H,84,115)(H,86,110)(H,87,102)(H,88,101)(H,89,108)(H,90,111)(H,91,114)(H,92,116)(H,93,112)(H,94,109)(H,95,113)(H,103,104)(H,105,106)(H,119,120)/t43-,44-,51-,52-,53-,54-,55-,56-,57-,58-,59-,60-,61-/m0/s1. The van der Waals surface area contributed by atoms with Crippen molar-refractivity contribution in [3.63, 3.8) is 0 Å². The first kappa shape index (κ1) is 93.4. The van der Waals surface area contributed by atoms with Gasteiger partial charge in [0.05, 0.1) is 38.5 Å². The molecular formula is C79H100N18O23. The van der Waals surface area contributed by atoms with E-state index < -0.39 is 230 Å². The molecule has 0 aliphatic carbocycles. The van der Waals surface area contributed by atoms with Gasteiger partial charge in [0.15, 0.2) is 0 Å². The van der Waals surface area contributed by atoms with Crippen LogP contribution in [0.1, 0.15) is 99.6 Å². The maximum absolute atomic E-state index is 15.2. The van der Waals surface area contributed by atoms with E-state index in [2.05, 4.69) is 73.8 Å². The summed E-state index contributed by atoms with van der Waals surface area (Å²) in [5, 5.41) is 79.4. The molecule has 2 aliphatic rings. The third-order valence-corrected chi connectivity index (χ3v) is 19.5. The second-order valence-corrected chi connectivity index (χ2v) is 28.8. The summed E-state index contributed by atoms with van der Waals surface area (Å²) in [6.07, 6.45) is -1.61. The summed E-state index contributed by atoms with van der Waals surface area (Å²) in [7, 11) is 0. The number of hydrogen-bond donors (Lipinski definition) is 20. The molecule has 41 heteroatoms. The molecule has 15 amide bonds. The van der Waals surface area contributed by atoms with E-state index >= 15 is 14.4 Å². The van der Waals surface area contributed by atoms with Gasteiger partial charge in [-0.2, -0.15) is 0 Å². The first-order valence-corrected chi connectivity index (χ1v) is 38.5. The van der Waals surface area contributed by atoms with Crippen LogP contribution < -0.4 is 75.3 Å². The van der Waals surface area contributed by atoms with Gasteiger partial charge in [-0.05, 0) is 86.8 Å². The smallest absolute Gasteiger partial charge is 0.325 e. The zero-order chi connectivity index (χ0) is 87.7. The number of H-pyrrole nitrogens is 1. The second kappa shape index (κ2) is 46.3. The van der Waals surface area contributed by atoms with Crippen LogP contribution in [0, 0.1) is 0 Å². The van der Waals surface area contributed by atoms with E-state index in [0.717, 1.165) is 4.90 Å². The number of likely N-dealkylation sites (tertiary alicyclic amines) is 2. The lowest BCUT2D eigenvalue weighted by Gasteiger charge is -2.31. The number of carboxylic acid groups (broad SMARTS) is 3. The first-order chi connectivity index (χ1) is 57.2. The highest BCUT2D eigenvalue weighted by Gasteiger charge is 2.43. The fourth-order valence-corrected chi connectivity index (χ4v) is 13.1. The monoisotopic (exact) mass is 1670 g/mol. The van der Waals surface area contributed by atoms with E-state index in [1.54, 1.807) is 91.0 Å². The van der Waals surface area contributed by atoms with Crippen LogP contribution in [0.2, 0.25) is 0 Å². The molecular weight excluding hydrogens is 1570 g/mol. The minimum atomic E-state index is -1.94. The Hall–Kier alpha value is -13.7. The number of nitrogens with one attached hydrogen (secondary N) is 13. The van der Waals surface area contributed by atoms with Crippen molar-refractivity contribution >= 4 is 107 Å². The molecule has 13 atom stereocenters. The minimum absolute atomic E-state index is 0.0362. The van der Waals surface area contributed by atoms with Gasteiger partial charge >= 0.3 is 17.9 Å². The Morgan fingerprint density at radius 1 is 0.450 bits per heavy atom. The highest BCUT2D eigenvalue weighted by Crippen LogP contribution is 2.23. The number of rotatable bonds is 46. The van der Waals surface area contributed by atoms with Gasteiger partial charge in [0.25, 0.3) is 0 Å². The van der Waals surface area contributed by atoms with Crippen LogP contribution in [0.3, 0.4) is 0 Å². The van der Waals surface area contributed by atoms with Crippen molar-refractivity contribution in [1.29, 1.82) is 0 Å². The fourth-order valence-electron chi connectivity index (χ4n) is 13.1. The molecule has 7 rings (SSSR count). The summed E-state index contributed by atoms with van der Waals surface area (Å²) in [4.78, 5) is 254. The quantitative estimate of drug-likeness (QED) is 0.0173. The summed E-state index contributed by atoms with van der Waals surface area (Å²) in [6, 6.07) is 10.4. The average Bonchev–Trinajstić information content (AvgIpc) is 1.71. The largest absolute Gasteiger partial charge is 0.508 e. The van der Waals surface area contributed by atoms with Crippen LogP contribution in [0.15, 0.2) is 128 Å². The molecule has 1 aromatic heterocycles. The number of hydrogen-bond acceptors (Lipinski definition) is 22. The summed E-state index contributed by atoms with van der Waals surface area (Å²) < 4.78 is 0. The number of aromatic amines is 1. The highest BCUT2D eigenvalue weighted by molar-refractivity contribution is 6.01. The fraction of sp³-hybridized carbons (Fsp3) is 0.430. The van der Waals surface area contributed by atoms with Gasteiger partial charge < -0.3 is 116 Å². The molecule has 4 aromatic carbocycles. The summed E-state index contributed by atoms with van der Waals surface area (Å²) in [6.45, 7) is -0.337. The topological polar surface area (TPSA) is 640 Å². The summed E-state index contributed by atoms with van der Waals surface area (Å²) in [5.74, 6) is -19.1. The van der Waals surface area contributed by atoms with E-state index in [-0.39, 0.29) is 88.7 Å². The normalized spacial score (nSPS) is 16.3. The van der Waals surface area contributed by atoms with Crippen molar-refractivity contribution in [2.45, 2.75) is 182 Å². The molecule has 0 spiro atoms. The Kier molecular flexibility index (Phi) is 36.0. The lowest BCUT2D eigenvalue weighted by Crippen LogP contribution is -2.61. The van der Waals surface area contributed by atoms with Crippen LogP contribution in [0.5, 0.6) is 5.75 Å². The molecule has 2 saturated heterocycles. The maximum Gasteiger partial charge on any atom is 0.325 e. The molecule has 0 bridgehead atoms. The van der Waals surface area contributed by atoms with Gasteiger partial charge in [-0.15, -0.1) is 0 Å². The number of nitrogens with zero attached hydrogens (tertiary/aromatic N) is 3. The number of carbonyl (C=O) groups excluding carboxylic acids is 15. The lowest BCUT2D eigenvalue weighted by atomic mass is 10.0. The number of aliphatic hydroxyl groups excluding tert-OH is 1. The second-order valence-electron chi connectivity index (χ2n) is 28.8. The highest BCUT2D eigenvalue weighted by atomic mass is 16.4. The van der Waals surface area contributed by atoms with Crippen LogP contribution in [-0.2, 0) is 118 Å².